The van der Waals surface area contributed by atoms with Gasteiger partial charge in [0.15, 0.2) is 0 Å². The Hall–Kier alpha value is -1.96. The smallest absolute Gasteiger partial charge is 0.241 e. The van der Waals surface area contributed by atoms with Crippen molar-refractivity contribution in [3.05, 3.63) is 35.9 Å². The van der Waals surface area contributed by atoms with Crippen molar-refractivity contribution >= 4 is 11.8 Å². The van der Waals surface area contributed by atoms with E-state index in [2.05, 4.69) is 64.4 Å². The predicted molar refractivity (Wildman–Crippen MR) is 135 cm³/mol. The Kier molecular flexibility index (Phi) is 7.65. The third-order valence-electron chi connectivity index (χ3n) is 8.74. The first-order valence-electron chi connectivity index (χ1n) is 12.9. The van der Waals surface area contributed by atoms with Gasteiger partial charge in [0.05, 0.1) is 19.8 Å². The molecule has 2 aliphatic carbocycles. The zero-order chi connectivity index (χ0) is 24.3. The van der Waals surface area contributed by atoms with Crippen molar-refractivity contribution in [2.75, 3.05) is 61.0 Å². The molecule has 1 spiro atoms. The van der Waals surface area contributed by atoms with E-state index in [9.17, 15) is 9.59 Å². The third-order valence-corrected chi connectivity index (χ3v) is 8.74. The lowest BCUT2D eigenvalue weighted by Crippen LogP contribution is -2.56. The summed E-state index contributed by atoms with van der Waals surface area (Å²) in [5.74, 6) is 0.669. The second kappa shape index (κ2) is 10.3. The normalized spacial score (nSPS) is 28.3. The monoisotopic (exact) mass is 469 g/mol. The molecule has 3 aliphatic rings. The van der Waals surface area contributed by atoms with Crippen LogP contribution >= 0.6 is 0 Å². The predicted octanol–water partition coefficient (Wildman–Crippen LogP) is 2.34. The van der Waals surface area contributed by atoms with Crippen LogP contribution in [0.5, 0.6) is 0 Å². The average molecular weight is 470 g/mol. The van der Waals surface area contributed by atoms with Crippen LogP contribution < -0.4 is 5.32 Å². The molecule has 0 radical (unpaired) electrons. The molecule has 0 atom stereocenters. The standard InChI is InChI=1S/C27H43N5O2/c1-29(2)25(34)17-28-24(33)19-31-20-26(32(21-31)18-22-9-8-10-22)13-15-27(16-14-26,30(3)4)23-11-6-5-7-12-23/h5-7,11-12,22H,8-10,13-21H2,1-4H3,(H,28,33). The van der Waals surface area contributed by atoms with Gasteiger partial charge in [-0.15, -0.1) is 0 Å². The second-order valence-electron chi connectivity index (χ2n) is 11.2. The Morgan fingerprint density at radius 2 is 1.71 bits per heavy atom. The van der Waals surface area contributed by atoms with E-state index in [0.29, 0.717) is 6.54 Å². The van der Waals surface area contributed by atoms with E-state index in [1.165, 1.54) is 29.7 Å². The lowest BCUT2D eigenvalue weighted by atomic mass is 9.68. The summed E-state index contributed by atoms with van der Waals surface area (Å²) in [5.41, 5.74) is 1.63. The topological polar surface area (TPSA) is 59.1 Å². The molecule has 0 aromatic heterocycles. The summed E-state index contributed by atoms with van der Waals surface area (Å²) in [6, 6.07) is 11.0. The Morgan fingerprint density at radius 3 is 2.26 bits per heavy atom. The Labute approximate surface area is 205 Å². The van der Waals surface area contributed by atoms with E-state index >= 15 is 0 Å². The highest BCUT2D eigenvalue weighted by atomic mass is 16.2. The van der Waals surface area contributed by atoms with Gasteiger partial charge in [0.2, 0.25) is 11.8 Å². The van der Waals surface area contributed by atoms with Gasteiger partial charge in [-0.1, -0.05) is 36.8 Å². The maximum atomic E-state index is 12.6. The van der Waals surface area contributed by atoms with Crippen LogP contribution in [-0.2, 0) is 15.1 Å². The average Bonchev–Trinajstić information content (AvgIpc) is 3.11. The van der Waals surface area contributed by atoms with Crippen LogP contribution in [0.15, 0.2) is 30.3 Å². The van der Waals surface area contributed by atoms with E-state index < -0.39 is 0 Å². The molecule has 0 unspecified atom stereocenters. The van der Waals surface area contributed by atoms with Crippen molar-refractivity contribution < 1.29 is 9.59 Å². The SMILES string of the molecule is CN(C)C(=O)CNC(=O)CN1CN(CC2CCC2)C2(CCC(c3ccccc3)(N(C)C)CC2)C1. The van der Waals surface area contributed by atoms with Crippen LogP contribution in [0.25, 0.3) is 0 Å². The van der Waals surface area contributed by atoms with Gasteiger partial charge in [0.25, 0.3) is 0 Å². The number of amides is 2. The van der Waals surface area contributed by atoms with Gasteiger partial charge in [-0.2, -0.15) is 0 Å². The lowest BCUT2D eigenvalue weighted by Gasteiger charge is -2.52. The number of hydrogen-bond acceptors (Lipinski definition) is 5. The summed E-state index contributed by atoms with van der Waals surface area (Å²) in [6.07, 6.45) is 8.57. The van der Waals surface area contributed by atoms with E-state index in [1.54, 1.807) is 14.1 Å². The highest BCUT2D eigenvalue weighted by molar-refractivity contribution is 5.85. The number of carbonyl (C=O) groups excluding carboxylic acids is 2. The van der Waals surface area contributed by atoms with Gasteiger partial charge in [-0.25, -0.2) is 0 Å². The molecule has 1 aliphatic heterocycles. The molecule has 1 heterocycles. The van der Waals surface area contributed by atoms with Crippen LogP contribution in [0.4, 0.5) is 0 Å². The largest absolute Gasteiger partial charge is 0.347 e. The molecule has 0 bridgehead atoms. The molecule has 3 fully saturated rings. The number of benzene rings is 1. The van der Waals surface area contributed by atoms with Gasteiger partial charge in [-0.05, 0) is 64.1 Å². The second-order valence-corrected chi connectivity index (χ2v) is 11.2. The minimum atomic E-state index is -0.0777. The minimum Gasteiger partial charge on any atom is -0.347 e. The molecule has 2 saturated carbocycles. The summed E-state index contributed by atoms with van der Waals surface area (Å²) < 4.78 is 0. The summed E-state index contributed by atoms with van der Waals surface area (Å²) in [5, 5.41) is 2.81. The molecule has 4 rings (SSSR count). The fraction of sp³-hybridized carbons (Fsp3) is 0.704. The Morgan fingerprint density at radius 1 is 1.03 bits per heavy atom. The number of nitrogens with one attached hydrogen (secondary N) is 1. The number of rotatable bonds is 8. The Balaban J connectivity index is 1.44. The van der Waals surface area contributed by atoms with Gasteiger partial charge in [0, 0.05) is 38.3 Å². The number of carbonyl (C=O) groups is 2. The molecule has 34 heavy (non-hydrogen) atoms. The summed E-state index contributed by atoms with van der Waals surface area (Å²) >= 11 is 0. The lowest BCUT2D eigenvalue weighted by molar-refractivity contribution is -0.131. The van der Waals surface area contributed by atoms with E-state index in [-0.39, 0.29) is 29.4 Å². The molecule has 1 N–H and O–H groups in total. The van der Waals surface area contributed by atoms with Crippen LogP contribution in [-0.4, -0.2) is 98.0 Å². The fourth-order valence-corrected chi connectivity index (χ4v) is 6.24. The first kappa shape index (κ1) is 25.1. The van der Waals surface area contributed by atoms with Gasteiger partial charge < -0.3 is 10.2 Å². The zero-order valence-corrected chi connectivity index (χ0v) is 21.6. The maximum Gasteiger partial charge on any atom is 0.241 e. The van der Waals surface area contributed by atoms with Crippen LogP contribution in [0.1, 0.15) is 50.5 Å². The van der Waals surface area contributed by atoms with Crippen molar-refractivity contribution in [1.82, 2.24) is 24.9 Å². The van der Waals surface area contributed by atoms with Crippen LogP contribution in [0.2, 0.25) is 0 Å². The maximum absolute atomic E-state index is 12.6. The van der Waals surface area contributed by atoms with Gasteiger partial charge in [-0.3, -0.25) is 24.3 Å². The Bertz CT molecular complexity index is 844. The minimum absolute atomic E-state index is 0.0569. The van der Waals surface area contributed by atoms with Crippen molar-refractivity contribution in [3.8, 4) is 0 Å². The summed E-state index contributed by atoms with van der Waals surface area (Å²) in [4.78, 5) is 33.4. The van der Waals surface area contributed by atoms with Crippen LogP contribution in [0.3, 0.4) is 0 Å². The van der Waals surface area contributed by atoms with E-state index in [0.717, 1.165) is 51.4 Å². The van der Waals surface area contributed by atoms with Gasteiger partial charge >= 0.3 is 0 Å². The molecule has 188 valence electrons. The molecule has 7 heteroatoms. The third kappa shape index (κ3) is 5.16. The zero-order valence-electron chi connectivity index (χ0n) is 21.6. The van der Waals surface area contributed by atoms with E-state index in [4.69, 9.17) is 0 Å². The first-order chi connectivity index (χ1) is 16.2. The molecule has 1 aromatic carbocycles. The fourth-order valence-electron chi connectivity index (χ4n) is 6.24. The number of hydrogen-bond donors (Lipinski definition) is 1. The molecule has 2 amide bonds. The molecule has 1 saturated heterocycles. The highest BCUT2D eigenvalue weighted by Gasteiger charge is 2.51. The summed E-state index contributed by atoms with van der Waals surface area (Å²) in [7, 11) is 7.86. The summed E-state index contributed by atoms with van der Waals surface area (Å²) in [6.45, 7) is 3.37. The number of nitrogens with zero attached hydrogens (tertiary/aromatic N) is 4. The molecule has 1 aromatic rings. The van der Waals surface area contributed by atoms with Crippen molar-refractivity contribution in [1.29, 1.82) is 0 Å². The van der Waals surface area contributed by atoms with E-state index in [1.807, 2.05) is 0 Å². The van der Waals surface area contributed by atoms with Gasteiger partial charge in [0.1, 0.15) is 0 Å². The molecule has 7 nitrogen and oxygen atoms in total. The number of likely N-dealkylation sites (N-methyl/N-ethyl adjacent to an activating group) is 1. The van der Waals surface area contributed by atoms with Crippen molar-refractivity contribution in [2.24, 2.45) is 5.92 Å². The quantitative estimate of drug-likeness (QED) is 0.633. The van der Waals surface area contributed by atoms with Crippen molar-refractivity contribution in [2.45, 2.75) is 56.0 Å². The molecular weight excluding hydrogens is 426 g/mol. The first-order valence-corrected chi connectivity index (χ1v) is 12.9. The molecular formula is C27H43N5O2. The highest BCUT2D eigenvalue weighted by Crippen LogP contribution is 2.49. The van der Waals surface area contributed by atoms with Crippen molar-refractivity contribution in [3.63, 3.8) is 0 Å². The van der Waals surface area contributed by atoms with Crippen LogP contribution in [0, 0.1) is 5.92 Å².